The third-order valence-corrected chi connectivity index (χ3v) is 3.90. The van der Waals surface area contributed by atoms with Crippen LogP contribution in [0.25, 0.3) is 0 Å². The molecule has 1 aliphatic rings. The molecule has 1 unspecified atom stereocenters. The Kier molecular flexibility index (Phi) is 4.08. The van der Waals surface area contributed by atoms with Gasteiger partial charge in [0.2, 0.25) is 0 Å². The number of hydrogen-bond donors (Lipinski definition) is 1. The van der Waals surface area contributed by atoms with Crippen molar-refractivity contribution in [3.05, 3.63) is 20.3 Å². The second-order valence-corrected chi connectivity index (χ2v) is 5.87. The van der Waals surface area contributed by atoms with Gasteiger partial charge in [-0.2, -0.15) is 0 Å². The molecule has 0 spiro atoms. The van der Waals surface area contributed by atoms with E-state index in [0.717, 1.165) is 19.4 Å². The van der Waals surface area contributed by atoms with Crippen molar-refractivity contribution in [2.45, 2.75) is 18.9 Å². The van der Waals surface area contributed by atoms with Crippen molar-refractivity contribution < 1.29 is 9.53 Å². The molecule has 1 atom stereocenters. The lowest BCUT2D eigenvalue weighted by atomic mass is 10.2. The van der Waals surface area contributed by atoms with E-state index in [1.54, 1.807) is 6.07 Å². The van der Waals surface area contributed by atoms with Gasteiger partial charge in [0.1, 0.15) is 4.34 Å². The molecule has 1 fully saturated rings. The average molecular weight is 280 g/mol. The molecular weight excluding hydrogens is 269 g/mol. The maximum absolute atomic E-state index is 11.7. The molecule has 1 aliphatic heterocycles. The Balaban J connectivity index is 1.90. The van der Waals surface area contributed by atoms with E-state index >= 15 is 0 Å². The van der Waals surface area contributed by atoms with Gasteiger partial charge in [-0.1, -0.05) is 23.2 Å². The van der Waals surface area contributed by atoms with Crippen LogP contribution in [0.2, 0.25) is 8.67 Å². The SMILES string of the molecule is O=C(NCC1CCCO1)c1cc(Cl)sc1Cl. The first-order chi connectivity index (χ1) is 7.66. The van der Waals surface area contributed by atoms with Crippen molar-refractivity contribution in [2.24, 2.45) is 0 Å². The van der Waals surface area contributed by atoms with Gasteiger partial charge < -0.3 is 10.1 Å². The Hall–Kier alpha value is -0.290. The second-order valence-electron chi connectivity index (χ2n) is 3.58. The number of nitrogens with one attached hydrogen (secondary N) is 1. The summed E-state index contributed by atoms with van der Waals surface area (Å²) in [7, 11) is 0. The van der Waals surface area contributed by atoms with Crippen molar-refractivity contribution in [3.8, 4) is 0 Å². The van der Waals surface area contributed by atoms with Gasteiger partial charge in [0.15, 0.2) is 0 Å². The second kappa shape index (κ2) is 5.36. The third-order valence-electron chi connectivity index (χ3n) is 2.42. The summed E-state index contributed by atoms with van der Waals surface area (Å²) in [6.45, 7) is 1.31. The summed E-state index contributed by atoms with van der Waals surface area (Å²) in [6.07, 6.45) is 2.20. The van der Waals surface area contributed by atoms with Gasteiger partial charge in [0.25, 0.3) is 5.91 Å². The van der Waals surface area contributed by atoms with Crippen molar-refractivity contribution in [2.75, 3.05) is 13.2 Å². The van der Waals surface area contributed by atoms with E-state index in [1.165, 1.54) is 11.3 Å². The smallest absolute Gasteiger partial charge is 0.253 e. The van der Waals surface area contributed by atoms with E-state index in [1.807, 2.05) is 0 Å². The van der Waals surface area contributed by atoms with Crippen molar-refractivity contribution >= 4 is 40.4 Å². The van der Waals surface area contributed by atoms with Gasteiger partial charge in [0, 0.05) is 13.2 Å². The molecule has 0 aromatic carbocycles. The van der Waals surface area contributed by atoms with Gasteiger partial charge in [-0.25, -0.2) is 0 Å². The molecule has 3 nitrogen and oxygen atoms in total. The molecule has 16 heavy (non-hydrogen) atoms. The van der Waals surface area contributed by atoms with Gasteiger partial charge in [-0.3, -0.25) is 4.79 Å². The molecule has 1 amide bonds. The first kappa shape index (κ1) is 12.2. The maximum Gasteiger partial charge on any atom is 0.253 e. The largest absolute Gasteiger partial charge is 0.376 e. The van der Waals surface area contributed by atoms with Gasteiger partial charge in [0.05, 0.1) is 16.0 Å². The van der Waals surface area contributed by atoms with Crippen LogP contribution >= 0.6 is 34.5 Å². The molecule has 6 heteroatoms. The zero-order valence-corrected chi connectivity index (χ0v) is 10.8. The molecule has 1 saturated heterocycles. The molecule has 1 aromatic rings. The van der Waals surface area contributed by atoms with Crippen LogP contribution in [0.3, 0.4) is 0 Å². The first-order valence-electron chi connectivity index (χ1n) is 5.01. The van der Waals surface area contributed by atoms with E-state index in [-0.39, 0.29) is 12.0 Å². The topological polar surface area (TPSA) is 38.3 Å². The van der Waals surface area contributed by atoms with Crippen LogP contribution in [0.15, 0.2) is 6.07 Å². The summed E-state index contributed by atoms with van der Waals surface area (Å²) < 4.78 is 6.35. The number of hydrogen-bond acceptors (Lipinski definition) is 3. The molecule has 0 saturated carbocycles. The van der Waals surface area contributed by atoms with E-state index in [4.69, 9.17) is 27.9 Å². The van der Waals surface area contributed by atoms with Crippen LogP contribution < -0.4 is 5.32 Å². The summed E-state index contributed by atoms with van der Waals surface area (Å²) in [5.41, 5.74) is 0.440. The number of thiophene rings is 1. The Labute approximate surface area is 108 Å². The zero-order chi connectivity index (χ0) is 11.5. The molecule has 1 N–H and O–H groups in total. The fourth-order valence-electron chi connectivity index (χ4n) is 1.60. The Morgan fingerprint density at radius 2 is 2.44 bits per heavy atom. The van der Waals surface area contributed by atoms with E-state index in [9.17, 15) is 4.79 Å². The minimum atomic E-state index is -0.191. The fraction of sp³-hybridized carbons (Fsp3) is 0.500. The number of rotatable bonds is 3. The van der Waals surface area contributed by atoms with Crippen molar-refractivity contribution in [3.63, 3.8) is 0 Å². The first-order valence-corrected chi connectivity index (χ1v) is 6.58. The summed E-state index contributed by atoms with van der Waals surface area (Å²) in [5.74, 6) is -0.191. The summed E-state index contributed by atoms with van der Waals surface area (Å²) in [5, 5.41) is 2.79. The number of carbonyl (C=O) groups is 1. The maximum atomic E-state index is 11.7. The van der Waals surface area contributed by atoms with Crippen molar-refractivity contribution in [1.29, 1.82) is 0 Å². The highest BCUT2D eigenvalue weighted by Crippen LogP contribution is 2.30. The minimum Gasteiger partial charge on any atom is -0.376 e. The lowest BCUT2D eigenvalue weighted by Gasteiger charge is -2.10. The van der Waals surface area contributed by atoms with Gasteiger partial charge in [-0.15, -0.1) is 11.3 Å². The van der Waals surface area contributed by atoms with Crippen LogP contribution in [0.1, 0.15) is 23.2 Å². The summed E-state index contributed by atoms with van der Waals surface area (Å²) >= 11 is 12.8. The predicted molar refractivity (Wildman–Crippen MR) is 65.6 cm³/mol. The number of ether oxygens (including phenoxy) is 1. The van der Waals surface area contributed by atoms with Crippen LogP contribution in [0.5, 0.6) is 0 Å². The van der Waals surface area contributed by atoms with Gasteiger partial charge in [-0.05, 0) is 18.9 Å². The lowest BCUT2D eigenvalue weighted by Crippen LogP contribution is -2.31. The van der Waals surface area contributed by atoms with E-state index in [2.05, 4.69) is 5.32 Å². The van der Waals surface area contributed by atoms with Gasteiger partial charge >= 0.3 is 0 Å². The molecule has 0 bridgehead atoms. The number of carbonyl (C=O) groups excluding carboxylic acids is 1. The molecule has 2 rings (SSSR count). The standard InChI is InChI=1S/C10H11Cl2NO2S/c11-8-4-7(9(12)16-8)10(14)13-5-6-2-1-3-15-6/h4,6H,1-3,5H2,(H,13,14). The zero-order valence-electron chi connectivity index (χ0n) is 8.46. The van der Waals surface area contributed by atoms with Crippen LogP contribution in [0, 0.1) is 0 Å². The van der Waals surface area contributed by atoms with Crippen LogP contribution in [-0.2, 0) is 4.74 Å². The van der Waals surface area contributed by atoms with Crippen LogP contribution in [0.4, 0.5) is 0 Å². The quantitative estimate of drug-likeness (QED) is 0.924. The predicted octanol–water partition coefficient (Wildman–Crippen LogP) is 2.96. The average Bonchev–Trinajstić information content (AvgIpc) is 2.84. The van der Waals surface area contributed by atoms with E-state index < -0.39 is 0 Å². The Morgan fingerprint density at radius 1 is 1.62 bits per heavy atom. The summed E-state index contributed by atoms with van der Waals surface area (Å²) in [4.78, 5) is 11.7. The molecule has 0 radical (unpaired) electrons. The normalized spacial score (nSPS) is 20.0. The Morgan fingerprint density at radius 3 is 3.00 bits per heavy atom. The Bertz CT molecular complexity index is 388. The third kappa shape index (κ3) is 2.88. The van der Waals surface area contributed by atoms with Crippen molar-refractivity contribution in [1.82, 2.24) is 5.32 Å². The number of amides is 1. The highest BCUT2D eigenvalue weighted by molar-refractivity contribution is 7.20. The monoisotopic (exact) mass is 279 g/mol. The highest BCUT2D eigenvalue weighted by Gasteiger charge is 2.18. The molecule has 1 aromatic heterocycles. The number of halogens is 2. The molecular formula is C10H11Cl2NO2S. The fourth-order valence-corrected chi connectivity index (χ4v) is 3.06. The minimum absolute atomic E-state index is 0.136. The van der Waals surface area contributed by atoms with E-state index in [0.29, 0.717) is 20.8 Å². The highest BCUT2D eigenvalue weighted by atomic mass is 35.5. The van der Waals surface area contributed by atoms with Crippen LogP contribution in [-0.4, -0.2) is 25.2 Å². The molecule has 0 aliphatic carbocycles. The molecule has 88 valence electrons. The summed E-state index contributed by atoms with van der Waals surface area (Å²) in [6, 6.07) is 1.58. The molecule has 2 heterocycles. The lowest BCUT2D eigenvalue weighted by molar-refractivity contribution is 0.0858.